The van der Waals surface area contributed by atoms with Gasteiger partial charge in [-0.15, -0.1) is 0 Å². The van der Waals surface area contributed by atoms with Crippen LogP contribution in [0.2, 0.25) is 0 Å². The number of rotatable bonds is 1. The molecular weight excluding hydrogens is 300 g/mol. The standard InChI is InChI=1S/C20H23N2S/c1-14-22-13-21-11-17(20(2)9-4-3-5-10-20)15-7-6-8-16(19(15)21)18(22)12-23-14/h6-8,11-12H,3-5,9-10,13H2,1-2H3/q+1. The zero-order chi connectivity index (χ0) is 15.6. The van der Waals surface area contributed by atoms with E-state index >= 15 is 0 Å². The van der Waals surface area contributed by atoms with Gasteiger partial charge in [-0.05, 0) is 29.9 Å². The van der Waals surface area contributed by atoms with Crippen molar-refractivity contribution in [3.8, 4) is 11.3 Å². The van der Waals surface area contributed by atoms with E-state index in [9.17, 15) is 0 Å². The Balaban J connectivity index is 1.78. The third-order valence-corrected chi connectivity index (χ3v) is 6.99. The van der Waals surface area contributed by atoms with Crippen LogP contribution in [0.25, 0.3) is 22.2 Å². The highest BCUT2D eigenvalue weighted by Gasteiger charge is 2.35. The van der Waals surface area contributed by atoms with Crippen LogP contribution in [0.1, 0.15) is 49.6 Å². The molecule has 0 radical (unpaired) electrons. The molecule has 0 unspecified atom stereocenters. The van der Waals surface area contributed by atoms with Gasteiger partial charge in [-0.3, -0.25) is 4.57 Å². The van der Waals surface area contributed by atoms with Crippen LogP contribution < -0.4 is 4.57 Å². The Morgan fingerprint density at radius 2 is 2.00 bits per heavy atom. The molecule has 0 bridgehead atoms. The maximum absolute atomic E-state index is 2.49. The molecule has 1 aliphatic carbocycles. The van der Waals surface area contributed by atoms with E-state index < -0.39 is 0 Å². The molecule has 2 nitrogen and oxygen atoms in total. The highest BCUT2D eigenvalue weighted by molar-refractivity contribution is 7.09. The Morgan fingerprint density at radius 3 is 2.83 bits per heavy atom. The lowest BCUT2D eigenvalue weighted by Crippen LogP contribution is -2.42. The van der Waals surface area contributed by atoms with E-state index in [0.717, 1.165) is 6.67 Å². The van der Waals surface area contributed by atoms with E-state index in [0.29, 0.717) is 5.41 Å². The van der Waals surface area contributed by atoms with Crippen molar-refractivity contribution in [3.05, 3.63) is 40.3 Å². The van der Waals surface area contributed by atoms with Crippen LogP contribution in [0.4, 0.5) is 0 Å². The van der Waals surface area contributed by atoms with E-state index in [-0.39, 0.29) is 0 Å². The van der Waals surface area contributed by atoms with Crippen molar-refractivity contribution in [2.24, 2.45) is 0 Å². The highest BCUT2D eigenvalue weighted by Crippen LogP contribution is 2.44. The molecule has 1 saturated carbocycles. The second kappa shape index (κ2) is 4.70. The summed E-state index contributed by atoms with van der Waals surface area (Å²) in [6, 6.07) is 6.89. The summed E-state index contributed by atoms with van der Waals surface area (Å²) in [5, 5.41) is 5.20. The van der Waals surface area contributed by atoms with Crippen LogP contribution in [0.5, 0.6) is 0 Å². The number of benzene rings is 1. The summed E-state index contributed by atoms with van der Waals surface area (Å²) in [7, 11) is 0. The molecule has 0 spiro atoms. The van der Waals surface area contributed by atoms with Crippen molar-refractivity contribution < 1.29 is 4.57 Å². The molecule has 2 aliphatic rings. The molecule has 1 aromatic carbocycles. The molecule has 2 aromatic heterocycles. The quantitative estimate of drug-likeness (QED) is 0.436. The van der Waals surface area contributed by atoms with Crippen molar-refractivity contribution in [1.29, 1.82) is 0 Å². The molecule has 5 rings (SSSR count). The second-order valence-corrected chi connectivity index (χ2v) is 8.61. The molecule has 0 N–H and O–H groups in total. The average Bonchev–Trinajstić information content (AvgIpc) is 3.12. The third-order valence-electron chi connectivity index (χ3n) is 6.09. The Kier molecular flexibility index (Phi) is 2.82. The van der Waals surface area contributed by atoms with Gasteiger partial charge in [0.15, 0.2) is 0 Å². The van der Waals surface area contributed by atoms with Gasteiger partial charge < -0.3 is 0 Å². The largest absolute Gasteiger partial charge is 0.291 e. The molecule has 3 heterocycles. The van der Waals surface area contributed by atoms with Crippen LogP contribution in [0.3, 0.4) is 0 Å². The number of nitrogens with zero attached hydrogens (tertiary/aromatic N) is 2. The fourth-order valence-electron chi connectivity index (χ4n) is 4.74. The Hall–Kier alpha value is -1.61. The minimum atomic E-state index is 0.358. The average molecular weight is 323 g/mol. The zero-order valence-electron chi connectivity index (χ0n) is 13.9. The summed E-state index contributed by atoms with van der Waals surface area (Å²) >= 11 is 1.86. The fourth-order valence-corrected chi connectivity index (χ4v) is 5.56. The first-order chi connectivity index (χ1) is 11.2. The summed E-state index contributed by atoms with van der Waals surface area (Å²) in [5.41, 5.74) is 6.19. The number of aromatic nitrogens is 2. The Labute approximate surface area is 141 Å². The summed E-state index contributed by atoms with van der Waals surface area (Å²) in [6.45, 7) is 5.68. The minimum Gasteiger partial charge on any atom is -0.291 e. The molecule has 3 aromatic rings. The van der Waals surface area contributed by atoms with Crippen molar-refractivity contribution in [2.45, 2.75) is 58.0 Å². The predicted octanol–water partition coefficient (Wildman–Crippen LogP) is 5.01. The first-order valence-electron chi connectivity index (χ1n) is 8.78. The van der Waals surface area contributed by atoms with Crippen molar-refractivity contribution in [2.75, 3.05) is 0 Å². The van der Waals surface area contributed by atoms with Gasteiger partial charge in [0.05, 0.1) is 16.5 Å². The highest BCUT2D eigenvalue weighted by atomic mass is 32.1. The monoisotopic (exact) mass is 323 g/mol. The molecule has 0 saturated heterocycles. The minimum absolute atomic E-state index is 0.358. The first kappa shape index (κ1) is 13.8. The van der Waals surface area contributed by atoms with Crippen LogP contribution in [0.15, 0.2) is 29.8 Å². The van der Waals surface area contributed by atoms with Crippen molar-refractivity contribution in [1.82, 2.24) is 4.57 Å². The predicted molar refractivity (Wildman–Crippen MR) is 96.0 cm³/mol. The number of thiazole rings is 1. The van der Waals surface area contributed by atoms with Crippen molar-refractivity contribution >= 4 is 22.2 Å². The summed E-state index contributed by atoms with van der Waals surface area (Å²) in [6.07, 6.45) is 9.30. The maximum atomic E-state index is 2.49. The van der Waals surface area contributed by atoms with Crippen LogP contribution >= 0.6 is 11.3 Å². The van der Waals surface area contributed by atoms with Crippen LogP contribution in [-0.4, -0.2) is 4.57 Å². The number of fused-ring (bicyclic) bond motifs is 2. The summed E-state index contributed by atoms with van der Waals surface area (Å²) in [4.78, 5) is 0. The molecule has 0 amide bonds. The van der Waals surface area contributed by atoms with Gasteiger partial charge in [-0.25, -0.2) is 0 Å². The lowest BCUT2D eigenvalue weighted by Gasteiger charge is -2.33. The topological polar surface area (TPSA) is 8.81 Å². The van der Waals surface area contributed by atoms with E-state index in [1.807, 2.05) is 11.3 Å². The fraction of sp³-hybridized carbons (Fsp3) is 0.450. The zero-order valence-corrected chi connectivity index (χ0v) is 14.7. The first-order valence-corrected chi connectivity index (χ1v) is 9.66. The van der Waals surface area contributed by atoms with Gasteiger partial charge >= 0.3 is 0 Å². The summed E-state index contributed by atoms with van der Waals surface area (Å²) < 4.78 is 4.95. The van der Waals surface area contributed by atoms with Gasteiger partial charge in [0.2, 0.25) is 17.4 Å². The Bertz CT molecular complexity index is 909. The molecule has 23 heavy (non-hydrogen) atoms. The number of hydrogen-bond donors (Lipinski definition) is 0. The van der Waals surface area contributed by atoms with E-state index in [1.165, 1.54) is 59.3 Å². The van der Waals surface area contributed by atoms with Crippen LogP contribution in [0, 0.1) is 6.92 Å². The van der Waals surface area contributed by atoms with Gasteiger partial charge in [0.1, 0.15) is 0 Å². The van der Waals surface area contributed by atoms with E-state index in [4.69, 9.17) is 0 Å². The lowest BCUT2D eigenvalue weighted by molar-refractivity contribution is -0.692. The second-order valence-electron chi connectivity index (χ2n) is 7.55. The Morgan fingerprint density at radius 1 is 1.17 bits per heavy atom. The van der Waals surface area contributed by atoms with Gasteiger partial charge in [-0.1, -0.05) is 49.7 Å². The smallest absolute Gasteiger partial charge is 0.236 e. The molecular formula is C20H23N2S+. The van der Waals surface area contributed by atoms with E-state index in [2.05, 4.69) is 52.8 Å². The van der Waals surface area contributed by atoms with E-state index in [1.54, 1.807) is 5.56 Å². The summed E-state index contributed by atoms with van der Waals surface area (Å²) in [5.74, 6) is 0. The third kappa shape index (κ3) is 1.83. The number of hydrogen-bond acceptors (Lipinski definition) is 1. The van der Waals surface area contributed by atoms with Gasteiger partial charge in [0, 0.05) is 18.5 Å². The van der Waals surface area contributed by atoms with Crippen molar-refractivity contribution in [3.63, 3.8) is 0 Å². The SMILES string of the molecule is Cc1scc2[n+]1Cn1cc(C3(C)CCCCC3)c3cccc-2c31. The molecule has 3 heteroatoms. The molecule has 1 fully saturated rings. The molecule has 118 valence electrons. The van der Waals surface area contributed by atoms with Gasteiger partial charge in [0.25, 0.3) is 0 Å². The number of aryl methyl sites for hydroxylation is 1. The maximum Gasteiger partial charge on any atom is 0.236 e. The molecule has 0 atom stereocenters. The molecule has 1 aliphatic heterocycles. The normalized spacial score (nSPS) is 19.0. The lowest BCUT2D eigenvalue weighted by atomic mass is 9.71. The van der Waals surface area contributed by atoms with Crippen LogP contribution in [-0.2, 0) is 12.1 Å². The van der Waals surface area contributed by atoms with Gasteiger partial charge in [-0.2, -0.15) is 4.57 Å². The number of para-hydroxylation sites is 1.